The highest BCUT2D eigenvalue weighted by atomic mass is 32.2. The molecule has 3 heterocycles. The Morgan fingerprint density at radius 2 is 2.28 bits per heavy atom. The maximum Gasteiger partial charge on any atom is 0.266 e. The first kappa shape index (κ1) is 16.1. The average molecular weight is 361 g/mol. The molecule has 8 heteroatoms. The van der Waals surface area contributed by atoms with E-state index in [9.17, 15) is 4.79 Å². The molecule has 2 aliphatic heterocycles. The summed E-state index contributed by atoms with van der Waals surface area (Å²) in [6.07, 6.45) is 4.05. The van der Waals surface area contributed by atoms with Crippen LogP contribution in [0.5, 0.6) is 17.2 Å². The van der Waals surface area contributed by atoms with Gasteiger partial charge in [-0.25, -0.2) is 0 Å². The summed E-state index contributed by atoms with van der Waals surface area (Å²) in [5.41, 5.74) is 0. The second-order valence-corrected chi connectivity index (χ2v) is 7.28. The largest absolute Gasteiger partial charge is 0.484 e. The van der Waals surface area contributed by atoms with Gasteiger partial charge in [-0.3, -0.25) is 14.8 Å². The summed E-state index contributed by atoms with van der Waals surface area (Å²) < 4.78 is 16.3. The Morgan fingerprint density at radius 3 is 3.08 bits per heavy atom. The minimum absolute atomic E-state index is 0.0517. The van der Waals surface area contributed by atoms with Crippen molar-refractivity contribution in [2.45, 2.75) is 18.1 Å². The highest BCUT2D eigenvalue weighted by molar-refractivity contribution is 8.00. The van der Waals surface area contributed by atoms with E-state index in [0.717, 1.165) is 12.2 Å². The van der Waals surface area contributed by atoms with Gasteiger partial charge in [0.1, 0.15) is 5.75 Å². The molecule has 25 heavy (non-hydrogen) atoms. The Morgan fingerprint density at radius 1 is 1.36 bits per heavy atom. The number of amides is 1. The number of hydrogen-bond donors (Lipinski definition) is 1. The van der Waals surface area contributed by atoms with Crippen LogP contribution in [0.15, 0.2) is 30.5 Å². The van der Waals surface area contributed by atoms with E-state index in [0.29, 0.717) is 34.9 Å². The van der Waals surface area contributed by atoms with Crippen LogP contribution in [0.1, 0.15) is 12.8 Å². The minimum Gasteiger partial charge on any atom is -0.484 e. The van der Waals surface area contributed by atoms with Gasteiger partial charge in [-0.2, -0.15) is 16.9 Å². The van der Waals surface area contributed by atoms with Crippen LogP contribution >= 0.6 is 11.8 Å². The van der Waals surface area contributed by atoms with Crippen LogP contribution in [0.4, 0.5) is 5.82 Å². The third kappa shape index (κ3) is 3.68. The number of thioether (sulfide) groups is 1. The fourth-order valence-electron chi connectivity index (χ4n) is 2.91. The number of aromatic nitrogens is 2. The molecule has 1 aromatic heterocycles. The lowest BCUT2D eigenvalue weighted by Gasteiger charge is -2.23. The molecule has 2 aliphatic rings. The monoisotopic (exact) mass is 361 g/mol. The smallest absolute Gasteiger partial charge is 0.266 e. The summed E-state index contributed by atoms with van der Waals surface area (Å²) in [7, 11) is 0. The molecule has 132 valence electrons. The van der Waals surface area contributed by atoms with E-state index in [-0.39, 0.29) is 19.3 Å². The Hall–Kier alpha value is -2.35. The molecule has 7 nitrogen and oxygen atoms in total. The number of rotatable bonds is 6. The summed E-state index contributed by atoms with van der Waals surface area (Å²) in [5.74, 6) is 3.58. The molecule has 1 N–H and O–H groups in total. The van der Waals surface area contributed by atoms with Gasteiger partial charge in [-0.1, -0.05) is 0 Å². The zero-order valence-corrected chi connectivity index (χ0v) is 14.5. The van der Waals surface area contributed by atoms with Crippen molar-refractivity contribution in [1.29, 1.82) is 0 Å². The van der Waals surface area contributed by atoms with E-state index in [1.807, 2.05) is 11.8 Å². The Kier molecular flexibility index (Phi) is 4.69. The number of ether oxygens (including phenoxy) is 3. The summed E-state index contributed by atoms with van der Waals surface area (Å²) in [6.45, 7) is 0.812. The molecule has 0 radical (unpaired) electrons. The van der Waals surface area contributed by atoms with Crippen molar-refractivity contribution in [3.63, 3.8) is 0 Å². The number of anilines is 1. The Labute approximate surface area is 149 Å². The summed E-state index contributed by atoms with van der Waals surface area (Å²) in [5, 5.41) is 7.38. The molecule has 0 aliphatic carbocycles. The normalized spacial score (nSPS) is 18.3. The molecule has 1 atom stereocenters. The number of nitrogens with zero attached hydrogens (tertiary/aromatic N) is 2. The molecule has 1 amide bonds. The topological polar surface area (TPSA) is 76.7 Å². The number of benzene rings is 1. The van der Waals surface area contributed by atoms with Gasteiger partial charge in [0.05, 0.1) is 0 Å². The number of aromatic amines is 1. The lowest BCUT2D eigenvalue weighted by Crippen LogP contribution is -2.39. The first-order valence-electron chi connectivity index (χ1n) is 8.24. The van der Waals surface area contributed by atoms with Gasteiger partial charge in [0.15, 0.2) is 23.9 Å². The number of fused-ring (bicyclic) bond motifs is 1. The van der Waals surface area contributed by atoms with E-state index in [1.54, 1.807) is 35.4 Å². The van der Waals surface area contributed by atoms with Gasteiger partial charge in [0, 0.05) is 30.1 Å². The fraction of sp³-hybridized carbons (Fsp3) is 0.412. The SMILES string of the molecule is O=C(COc1ccc2c(c1)OCO2)N(CC1CCCS1)c1cc[nH]n1. The van der Waals surface area contributed by atoms with Gasteiger partial charge in [-0.05, 0) is 30.7 Å². The van der Waals surface area contributed by atoms with Crippen molar-refractivity contribution in [3.05, 3.63) is 30.5 Å². The van der Waals surface area contributed by atoms with E-state index in [1.165, 1.54) is 6.42 Å². The van der Waals surface area contributed by atoms with Gasteiger partial charge in [0.2, 0.25) is 6.79 Å². The molecule has 1 fully saturated rings. The van der Waals surface area contributed by atoms with Crippen molar-refractivity contribution in [3.8, 4) is 17.2 Å². The van der Waals surface area contributed by atoms with Crippen LogP contribution in [0, 0.1) is 0 Å². The maximum absolute atomic E-state index is 12.7. The molecule has 0 bridgehead atoms. The maximum atomic E-state index is 12.7. The van der Waals surface area contributed by atoms with Crippen LogP contribution in [-0.4, -0.2) is 47.1 Å². The molecule has 2 aromatic rings. The van der Waals surface area contributed by atoms with Crippen molar-refractivity contribution >= 4 is 23.5 Å². The first-order chi connectivity index (χ1) is 12.3. The van der Waals surface area contributed by atoms with Crippen LogP contribution in [-0.2, 0) is 4.79 Å². The zero-order chi connectivity index (χ0) is 17.1. The Bertz CT molecular complexity index is 731. The average Bonchev–Trinajstić information content (AvgIpc) is 3.39. The predicted octanol–water partition coefficient (Wildman–Crippen LogP) is 2.45. The van der Waals surface area contributed by atoms with E-state index < -0.39 is 0 Å². The standard InChI is InChI=1S/C17H19N3O4S/c21-17(10-22-12-3-4-14-15(8-12)24-11-23-14)20(16-5-6-18-19-16)9-13-2-1-7-25-13/h3-6,8,13H,1-2,7,9-11H2,(H,18,19). The quantitative estimate of drug-likeness (QED) is 0.852. The second-order valence-electron chi connectivity index (χ2n) is 5.88. The summed E-state index contributed by atoms with van der Waals surface area (Å²) >= 11 is 1.91. The summed E-state index contributed by atoms with van der Waals surface area (Å²) in [4.78, 5) is 14.4. The third-order valence-electron chi connectivity index (χ3n) is 4.18. The molecule has 1 aromatic carbocycles. The van der Waals surface area contributed by atoms with Gasteiger partial charge in [-0.15, -0.1) is 0 Å². The zero-order valence-electron chi connectivity index (χ0n) is 13.6. The molecule has 0 spiro atoms. The lowest BCUT2D eigenvalue weighted by molar-refractivity contribution is -0.120. The lowest BCUT2D eigenvalue weighted by atomic mass is 10.2. The highest BCUT2D eigenvalue weighted by Crippen LogP contribution is 2.35. The van der Waals surface area contributed by atoms with Crippen molar-refractivity contribution < 1.29 is 19.0 Å². The number of carbonyl (C=O) groups is 1. The number of hydrogen-bond acceptors (Lipinski definition) is 6. The molecule has 4 rings (SSSR count). The van der Waals surface area contributed by atoms with Crippen LogP contribution in [0.2, 0.25) is 0 Å². The predicted molar refractivity (Wildman–Crippen MR) is 94.5 cm³/mol. The molecular formula is C17H19N3O4S. The second kappa shape index (κ2) is 7.26. The molecular weight excluding hydrogens is 342 g/mol. The van der Waals surface area contributed by atoms with E-state index >= 15 is 0 Å². The highest BCUT2D eigenvalue weighted by Gasteiger charge is 2.25. The number of H-pyrrole nitrogens is 1. The molecule has 1 unspecified atom stereocenters. The van der Waals surface area contributed by atoms with Crippen molar-refractivity contribution in [2.75, 3.05) is 30.6 Å². The summed E-state index contributed by atoms with van der Waals surface area (Å²) in [6, 6.07) is 7.09. The number of carbonyl (C=O) groups excluding carboxylic acids is 1. The third-order valence-corrected chi connectivity index (χ3v) is 5.56. The Balaban J connectivity index is 1.41. The van der Waals surface area contributed by atoms with E-state index in [2.05, 4.69) is 10.2 Å². The van der Waals surface area contributed by atoms with Gasteiger partial charge in [0.25, 0.3) is 5.91 Å². The first-order valence-corrected chi connectivity index (χ1v) is 9.29. The van der Waals surface area contributed by atoms with Crippen LogP contribution in [0.25, 0.3) is 0 Å². The number of nitrogens with one attached hydrogen (secondary N) is 1. The van der Waals surface area contributed by atoms with Crippen LogP contribution < -0.4 is 19.1 Å². The molecule has 1 saturated heterocycles. The van der Waals surface area contributed by atoms with Crippen molar-refractivity contribution in [1.82, 2.24) is 10.2 Å². The van der Waals surface area contributed by atoms with Gasteiger partial charge >= 0.3 is 0 Å². The molecule has 0 saturated carbocycles. The van der Waals surface area contributed by atoms with Crippen molar-refractivity contribution in [2.24, 2.45) is 0 Å². The fourth-order valence-corrected chi connectivity index (χ4v) is 4.16. The van der Waals surface area contributed by atoms with E-state index in [4.69, 9.17) is 14.2 Å². The minimum atomic E-state index is -0.114. The van der Waals surface area contributed by atoms with Gasteiger partial charge < -0.3 is 14.2 Å². The van der Waals surface area contributed by atoms with Crippen LogP contribution in [0.3, 0.4) is 0 Å².